The molecular formula is C7H13NO. The fraction of sp³-hybridized carbons (Fsp3) is 0.571. The Morgan fingerprint density at radius 3 is 2.67 bits per heavy atom. The summed E-state index contributed by atoms with van der Waals surface area (Å²) in [6, 6.07) is 0. The summed E-state index contributed by atoms with van der Waals surface area (Å²) in [5.74, 6) is 0.163. The van der Waals surface area contributed by atoms with E-state index in [0.717, 1.165) is 6.54 Å². The summed E-state index contributed by atoms with van der Waals surface area (Å²) in [5.41, 5.74) is 0. The van der Waals surface area contributed by atoms with Gasteiger partial charge < -0.3 is 5.32 Å². The molecule has 2 nitrogen and oxygen atoms in total. The molecule has 0 atom stereocenters. The maximum absolute atomic E-state index is 10.6. The Balaban J connectivity index is 3.32. The molecule has 2 heteroatoms. The van der Waals surface area contributed by atoms with Crippen LogP contribution in [0, 0.1) is 0 Å². The number of carbonyl (C=O) groups excluding carboxylic acids is 1. The first-order valence-electron chi connectivity index (χ1n) is 3.24. The molecule has 1 N–H and O–H groups in total. The van der Waals surface area contributed by atoms with Crippen molar-refractivity contribution in [3.63, 3.8) is 0 Å². The SMILES string of the molecule is CCN/C=C/C(=O)CC. The van der Waals surface area contributed by atoms with E-state index in [0.29, 0.717) is 6.42 Å². The van der Waals surface area contributed by atoms with Gasteiger partial charge in [-0.1, -0.05) is 6.92 Å². The van der Waals surface area contributed by atoms with E-state index < -0.39 is 0 Å². The summed E-state index contributed by atoms with van der Waals surface area (Å²) < 4.78 is 0. The van der Waals surface area contributed by atoms with Crippen LogP contribution in [0.5, 0.6) is 0 Å². The fourth-order valence-electron chi connectivity index (χ4n) is 0.388. The van der Waals surface area contributed by atoms with Crippen molar-refractivity contribution in [2.24, 2.45) is 0 Å². The number of rotatable bonds is 4. The molecule has 0 amide bonds. The van der Waals surface area contributed by atoms with Crippen LogP contribution in [0.4, 0.5) is 0 Å². The zero-order chi connectivity index (χ0) is 7.11. The van der Waals surface area contributed by atoms with E-state index in [-0.39, 0.29) is 5.78 Å². The minimum atomic E-state index is 0.163. The molecule has 0 fully saturated rings. The minimum absolute atomic E-state index is 0.163. The molecule has 0 aliphatic heterocycles. The van der Waals surface area contributed by atoms with Gasteiger partial charge in [0, 0.05) is 13.0 Å². The molecule has 0 spiro atoms. The standard InChI is InChI=1S/C7H13NO/c1-3-7(9)5-6-8-4-2/h5-6,8H,3-4H2,1-2H3/b6-5+. The molecule has 0 radical (unpaired) electrons. The molecule has 0 saturated heterocycles. The van der Waals surface area contributed by atoms with E-state index in [1.807, 2.05) is 13.8 Å². The van der Waals surface area contributed by atoms with Crippen LogP contribution < -0.4 is 5.32 Å². The first-order chi connectivity index (χ1) is 4.31. The third-order valence-corrected chi connectivity index (χ3v) is 0.940. The lowest BCUT2D eigenvalue weighted by molar-refractivity contribution is -0.114. The van der Waals surface area contributed by atoms with Gasteiger partial charge in [-0.05, 0) is 19.2 Å². The number of carbonyl (C=O) groups is 1. The maximum atomic E-state index is 10.6. The van der Waals surface area contributed by atoms with Crippen molar-refractivity contribution in [2.75, 3.05) is 6.54 Å². The smallest absolute Gasteiger partial charge is 0.156 e. The van der Waals surface area contributed by atoms with Crippen LogP contribution in [-0.2, 0) is 4.79 Å². The maximum Gasteiger partial charge on any atom is 0.156 e. The molecule has 0 saturated carbocycles. The van der Waals surface area contributed by atoms with Gasteiger partial charge >= 0.3 is 0 Å². The van der Waals surface area contributed by atoms with Crippen molar-refractivity contribution in [2.45, 2.75) is 20.3 Å². The number of nitrogens with one attached hydrogen (secondary N) is 1. The second-order valence-corrected chi connectivity index (χ2v) is 1.71. The van der Waals surface area contributed by atoms with Crippen LogP contribution in [0.25, 0.3) is 0 Å². The van der Waals surface area contributed by atoms with Crippen molar-refractivity contribution in [3.8, 4) is 0 Å². The van der Waals surface area contributed by atoms with Gasteiger partial charge in [0.05, 0.1) is 0 Å². The van der Waals surface area contributed by atoms with Gasteiger partial charge in [-0.25, -0.2) is 0 Å². The Labute approximate surface area is 56.0 Å². The second kappa shape index (κ2) is 5.35. The van der Waals surface area contributed by atoms with E-state index >= 15 is 0 Å². The fourth-order valence-corrected chi connectivity index (χ4v) is 0.388. The van der Waals surface area contributed by atoms with Crippen molar-refractivity contribution < 1.29 is 4.79 Å². The summed E-state index contributed by atoms with van der Waals surface area (Å²) >= 11 is 0. The summed E-state index contributed by atoms with van der Waals surface area (Å²) in [5, 5.41) is 2.91. The molecule has 0 bridgehead atoms. The van der Waals surface area contributed by atoms with Crippen molar-refractivity contribution in [1.29, 1.82) is 0 Å². The predicted molar refractivity (Wildman–Crippen MR) is 38.1 cm³/mol. The normalized spacial score (nSPS) is 10.0. The largest absolute Gasteiger partial charge is 0.391 e. The van der Waals surface area contributed by atoms with Crippen LogP contribution in [0.1, 0.15) is 20.3 Å². The summed E-state index contributed by atoms with van der Waals surface area (Å²) in [7, 11) is 0. The highest BCUT2D eigenvalue weighted by atomic mass is 16.1. The van der Waals surface area contributed by atoms with Crippen LogP contribution in [0.15, 0.2) is 12.3 Å². The lowest BCUT2D eigenvalue weighted by Crippen LogP contribution is -2.03. The molecule has 0 aromatic carbocycles. The van der Waals surface area contributed by atoms with Gasteiger partial charge in [-0.3, -0.25) is 4.79 Å². The number of hydrogen-bond donors (Lipinski definition) is 1. The van der Waals surface area contributed by atoms with Gasteiger partial charge in [0.25, 0.3) is 0 Å². The predicted octanol–water partition coefficient (Wildman–Crippen LogP) is 1.09. The van der Waals surface area contributed by atoms with Crippen LogP contribution in [-0.4, -0.2) is 12.3 Å². The zero-order valence-electron chi connectivity index (χ0n) is 5.98. The first kappa shape index (κ1) is 8.21. The van der Waals surface area contributed by atoms with Gasteiger partial charge in [0.15, 0.2) is 5.78 Å². The highest BCUT2D eigenvalue weighted by Crippen LogP contribution is 1.80. The lowest BCUT2D eigenvalue weighted by Gasteiger charge is -1.89. The monoisotopic (exact) mass is 127 g/mol. The Hall–Kier alpha value is -0.790. The highest BCUT2D eigenvalue weighted by Gasteiger charge is 1.85. The zero-order valence-corrected chi connectivity index (χ0v) is 5.98. The molecule has 0 rings (SSSR count). The Morgan fingerprint density at radius 2 is 2.22 bits per heavy atom. The molecule has 52 valence electrons. The molecule has 0 aliphatic carbocycles. The third kappa shape index (κ3) is 5.07. The van der Waals surface area contributed by atoms with E-state index in [4.69, 9.17) is 0 Å². The van der Waals surface area contributed by atoms with Crippen LogP contribution in [0.3, 0.4) is 0 Å². The van der Waals surface area contributed by atoms with E-state index in [1.165, 1.54) is 0 Å². The van der Waals surface area contributed by atoms with Crippen LogP contribution >= 0.6 is 0 Å². The summed E-state index contributed by atoms with van der Waals surface area (Å²) in [4.78, 5) is 10.6. The van der Waals surface area contributed by atoms with E-state index in [2.05, 4.69) is 5.32 Å². The number of ketones is 1. The summed E-state index contributed by atoms with van der Waals surface area (Å²) in [6.07, 6.45) is 3.83. The molecule has 0 heterocycles. The van der Waals surface area contributed by atoms with Gasteiger partial charge in [0.1, 0.15) is 0 Å². The summed E-state index contributed by atoms with van der Waals surface area (Å²) in [6.45, 7) is 4.70. The van der Waals surface area contributed by atoms with Gasteiger partial charge in [-0.2, -0.15) is 0 Å². The quantitative estimate of drug-likeness (QED) is 0.573. The Morgan fingerprint density at radius 1 is 1.56 bits per heavy atom. The van der Waals surface area contributed by atoms with Gasteiger partial charge in [0.2, 0.25) is 0 Å². The van der Waals surface area contributed by atoms with E-state index in [9.17, 15) is 4.79 Å². The van der Waals surface area contributed by atoms with Crippen LogP contribution in [0.2, 0.25) is 0 Å². The lowest BCUT2D eigenvalue weighted by atomic mass is 10.3. The first-order valence-corrected chi connectivity index (χ1v) is 3.24. The molecule has 9 heavy (non-hydrogen) atoms. The number of hydrogen-bond acceptors (Lipinski definition) is 2. The molecule has 0 aromatic heterocycles. The van der Waals surface area contributed by atoms with Gasteiger partial charge in [-0.15, -0.1) is 0 Å². The highest BCUT2D eigenvalue weighted by molar-refractivity contribution is 5.89. The number of allylic oxidation sites excluding steroid dienone is 1. The molecule has 0 aliphatic rings. The average Bonchev–Trinajstić information content (AvgIpc) is 1.89. The Bertz CT molecular complexity index is 107. The van der Waals surface area contributed by atoms with Crippen molar-refractivity contribution in [3.05, 3.63) is 12.3 Å². The Kier molecular flexibility index (Phi) is 4.88. The third-order valence-electron chi connectivity index (χ3n) is 0.940. The molecule has 0 unspecified atom stereocenters. The van der Waals surface area contributed by atoms with Crippen molar-refractivity contribution >= 4 is 5.78 Å². The topological polar surface area (TPSA) is 29.1 Å². The van der Waals surface area contributed by atoms with E-state index in [1.54, 1.807) is 12.3 Å². The molecule has 0 aromatic rings. The van der Waals surface area contributed by atoms with Crippen molar-refractivity contribution in [1.82, 2.24) is 5.32 Å². The minimum Gasteiger partial charge on any atom is -0.391 e. The average molecular weight is 127 g/mol. The molecular weight excluding hydrogens is 114 g/mol. The second-order valence-electron chi connectivity index (χ2n) is 1.71.